The Morgan fingerprint density at radius 1 is 1.11 bits per heavy atom. The topological polar surface area (TPSA) is 90.1 Å². The molecule has 0 amide bonds. The van der Waals surface area contributed by atoms with Gasteiger partial charge in [0.2, 0.25) is 0 Å². The maximum absolute atomic E-state index is 13.9. The second kappa shape index (κ2) is 10.1. The minimum Gasteiger partial charge on any atom is -0.504 e. The van der Waals surface area contributed by atoms with Crippen LogP contribution in [0.3, 0.4) is 0 Å². The quantitative estimate of drug-likeness (QED) is 0.392. The molecule has 1 N–H and O–H groups in total. The maximum atomic E-state index is 13.9. The number of phenolic OH excluding ortho intramolecular Hbond substituents is 1. The number of ether oxygens (including phenoxy) is 2. The largest absolute Gasteiger partial charge is 0.504 e. The number of nitrogens with zero attached hydrogens (tertiary/aromatic N) is 2. The number of rotatable bonds is 6. The van der Waals surface area contributed by atoms with Crippen LogP contribution in [0.4, 0.5) is 0 Å². The number of benzene rings is 3. The standard InChI is InChI=1S/C29H26N2O5S/c1-4-35-23-15-18(13-14-22(23)32)16-24-27(33)31-26(21-12-8-10-19-9-6-7-11-20(19)21)25(28(34)36-5-2)17(3)30-29(31)37-24/h6-16,26,32H,4-5H2,1-3H3/b24-16-. The van der Waals surface area contributed by atoms with Crippen LogP contribution in [0.15, 0.2) is 81.7 Å². The van der Waals surface area contributed by atoms with Gasteiger partial charge in [-0.2, -0.15) is 0 Å². The Morgan fingerprint density at radius 3 is 2.68 bits per heavy atom. The Morgan fingerprint density at radius 2 is 1.89 bits per heavy atom. The average Bonchev–Trinajstić information content (AvgIpc) is 3.19. The summed E-state index contributed by atoms with van der Waals surface area (Å²) in [6.07, 6.45) is 1.75. The zero-order chi connectivity index (χ0) is 26.1. The molecule has 1 unspecified atom stereocenters. The Bertz CT molecular complexity index is 1730. The number of aromatic hydroxyl groups is 1. The number of carbonyl (C=O) groups excluding carboxylic acids is 1. The summed E-state index contributed by atoms with van der Waals surface area (Å²) in [5.74, 6) is -0.111. The molecule has 188 valence electrons. The lowest BCUT2D eigenvalue weighted by Crippen LogP contribution is -2.40. The Balaban J connectivity index is 1.76. The molecule has 1 aliphatic heterocycles. The minimum atomic E-state index is -0.692. The van der Waals surface area contributed by atoms with Crippen molar-refractivity contribution in [3.63, 3.8) is 0 Å². The summed E-state index contributed by atoms with van der Waals surface area (Å²) in [5, 5.41) is 12.0. The van der Waals surface area contributed by atoms with Crippen LogP contribution in [0, 0.1) is 0 Å². The monoisotopic (exact) mass is 514 g/mol. The molecular formula is C29H26N2O5S. The number of hydrogen-bond acceptors (Lipinski definition) is 7. The van der Waals surface area contributed by atoms with Gasteiger partial charge in [-0.1, -0.05) is 59.9 Å². The molecule has 0 fully saturated rings. The smallest absolute Gasteiger partial charge is 0.338 e. The van der Waals surface area contributed by atoms with Crippen molar-refractivity contribution in [2.24, 2.45) is 4.99 Å². The summed E-state index contributed by atoms with van der Waals surface area (Å²) in [7, 11) is 0. The van der Waals surface area contributed by atoms with Crippen molar-refractivity contribution in [3.8, 4) is 11.5 Å². The van der Waals surface area contributed by atoms with Gasteiger partial charge in [0, 0.05) is 0 Å². The molecule has 0 aliphatic carbocycles. The SMILES string of the molecule is CCOC(=O)C1=C(C)N=c2s/c(=C\c3ccc(O)c(OCC)c3)c(=O)n2C1c1cccc2ccccc12. The molecule has 0 spiro atoms. The number of hydrogen-bond donors (Lipinski definition) is 1. The number of fused-ring (bicyclic) bond motifs is 2. The summed E-state index contributed by atoms with van der Waals surface area (Å²) in [6, 6.07) is 18.0. The molecule has 1 atom stereocenters. The molecule has 2 heterocycles. The van der Waals surface area contributed by atoms with Gasteiger partial charge < -0.3 is 14.6 Å². The lowest BCUT2D eigenvalue weighted by Gasteiger charge is -2.25. The van der Waals surface area contributed by atoms with Gasteiger partial charge in [0.25, 0.3) is 5.56 Å². The van der Waals surface area contributed by atoms with Crippen molar-refractivity contribution in [2.75, 3.05) is 13.2 Å². The van der Waals surface area contributed by atoms with Crippen molar-refractivity contribution in [1.29, 1.82) is 0 Å². The molecule has 5 rings (SSSR count). The highest BCUT2D eigenvalue weighted by Crippen LogP contribution is 2.35. The number of aromatic nitrogens is 1. The van der Waals surface area contributed by atoms with Gasteiger partial charge in [0.15, 0.2) is 16.3 Å². The molecule has 7 nitrogen and oxygen atoms in total. The van der Waals surface area contributed by atoms with E-state index >= 15 is 0 Å². The fourth-order valence-electron chi connectivity index (χ4n) is 4.62. The zero-order valence-electron chi connectivity index (χ0n) is 20.7. The Hall–Kier alpha value is -4.17. The van der Waals surface area contributed by atoms with Crippen LogP contribution in [-0.2, 0) is 9.53 Å². The lowest BCUT2D eigenvalue weighted by atomic mass is 9.91. The van der Waals surface area contributed by atoms with E-state index in [4.69, 9.17) is 9.47 Å². The van der Waals surface area contributed by atoms with E-state index in [1.165, 1.54) is 17.4 Å². The third-order valence-electron chi connectivity index (χ3n) is 6.22. The van der Waals surface area contributed by atoms with E-state index in [2.05, 4.69) is 4.99 Å². The third-order valence-corrected chi connectivity index (χ3v) is 7.20. The van der Waals surface area contributed by atoms with Crippen molar-refractivity contribution >= 4 is 34.2 Å². The van der Waals surface area contributed by atoms with Crippen molar-refractivity contribution in [3.05, 3.63) is 103 Å². The fourth-order valence-corrected chi connectivity index (χ4v) is 5.66. The second-order valence-corrected chi connectivity index (χ2v) is 9.54. The van der Waals surface area contributed by atoms with Crippen LogP contribution >= 0.6 is 11.3 Å². The zero-order valence-corrected chi connectivity index (χ0v) is 21.5. The lowest BCUT2D eigenvalue weighted by molar-refractivity contribution is -0.139. The van der Waals surface area contributed by atoms with Gasteiger partial charge in [0.1, 0.15) is 0 Å². The van der Waals surface area contributed by atoms with Crippen molar-refractivity contribution in [1.82, 2.24) is 4.57 Å². The van der Waals surface area contributed by atoms with Gasteiger partial charge in [-0.15, -0.1) is 0 Å². The molecule has 1 aliphatic rings. The summed E-state index contributed by atoms with van der Waals surface area (Å²) >= 11 is 1.25. The molecule has 3 aromatic carbocycles. The first kappa shape index (κ1) is 24.5. The van der Waals surface area contributed by atoms with Crippen molar-refractivity contribution < 1.29 is 19.4 Å². The molecular weight excluding hydrogens is 488 g/mol. The van der Waals surface area contributed by atoms with E-state index < -0.39 is 12.0 Å². The summed E-state index contributed by atoms with van der Waals surface area (Å²) in [4.78, 5) is 32.2. The first-order chi connectivity index (χ1) is 17.9. The van der Waals surface area contributed by atoms with Crippen LogP contribution in [0.5, 0.6) is 11.5 Å². The van der Waals surface area contributed by atoms with Crippen LogP contribution in [0.2, 0.25) is 0 Å². The van der Waals surface area contributed by atoms with Crippen LogP contribution in [-0.4, -0.2) is 28.9 Å². The number of thiazole rings is 1. The fraction of sp³-hybridized carbons (Fsp3) is 0.207. The number of phenols is 1. The molecule has 0 radical (unpaired) electrons. The number of allylic oxidation sites excluding steroid dienone is 1. The van der Waals surface area contributed by atoms with Crippen LogP contribution in [0.1, 0.15) is 37.9 Å². The van der Waals surface area contributed by atoms with Gasteiger partial charge in [0.05, 0.1) is 35.1 Å². The maximum Gasteiger partial charge on any atom is 0.338 e. The van der Waals surface area contributed by atoms with E-state index in [0.29, 0.717) is 38.5 Å². The van der Waals surface area contributed by atoms with E-state index in [9.17, 15) is 14.7 Å². The first-order valence-electron chi connectivity index (χ1n) is 12.1. The van der Waals surface area contributed by atoms with Crippen LogP contribution < -0.4 is 19.6 Å². The number of carbonyl (C=O) groups is 1. The first-order valence-corrected chi connectivity index (χ1v) is 12.9. The number of esters is 1. The van der Waals surface area contributed by atoms with E-state index in [0.717, 1.165) is 16.3 Å². The highest BCUT2D eigenvalue weighted by Gasteiger charge is 2.34. The van der Waals surface area contributed by atoms with Crippen LogP contribution in [0.25, 0.3) is 16.8 Å². The molecule has 4 aromatic rings. The predicted molar refractivity (Wildman–Crippen MR) is 144 cm³/mol. The Labute approximate surface area is 217 Å². The highest BCUT2D eigenvalue weighted by atomic mass is 32.1. The summed E-state index contributed by atoms with van der Waals surface area (Å²) in [5.41, 5.74) is 2.14. The molecule has 0 bridgehead atoms. The molecule has 37 heavy (non-hydrogen) atoms. The molecule has 0 saturated heterocycles. The third kappa shape index (κ3) is 4.44. The summed E-state index contributed by atoms with van der Waals surface area (Å²) in [6.45, 7) is 5.98. The van der Waals surface area contributed by atoms with E-state index in [1.54, 1.807) is 36.6 Å². The molecule has 1 aromatic heterocycles. The average molecular weight is 515 g/mol. The van der Waals surface area contributed by atoms with Gasteiger partial charge in [-0.05, 0) is 60.9 Å². The minimum absolute atomic E-state index is 0.0334. The van der Waals surface area contributed by atoms with Gasteiger partial charge >= 0.3 is 5.97 Å². The summed E-state index contributed by atoms with van der Waals surface area (Å²) < 4.78 is 12.9. The van der Waals surface area contributed by atoms with E-state index in [1.807, 2.05) is 49.4 Å². The molecule has 8 heteroatoms. The van der Waals surface area contributed by atoms with Crippen molar-refractivity contribution in [2.45, 2.75) is 26.8 Å². The second-order valence-electron chi connectivity index (χ2n) is 8.53. The molecule has 0 saturated carbocycles. The Kier molecular flexibility index (Phi) is 6.67. The van der Waals surface area contributed by atoms with Gasteiger partial charge in [-0.25, -0.2) is 9.79 Å². The van der Waals surface area contributed by atoms with E-state index in [-0.39, 0.29) is 17.9 Å². The highest BCUT2D eigenvalue weighted by molar-refractivity contribution is 7.07. The van der Waals surface area contributed by atoms with Gasteiger partial charge in [-0.3, -0.25) is 9.36 Å². The normalized spacial score (nSPS) is 15.4. The predicted octanol–water partition coefficient (Wildman–Crippen LogP) is 4.06.